The van der Waals surface area contributed by atoms with Gasteiger partial charge in [-0.05, 0) is 47.2 Å². The molecule has 0 aliphatic carbocycles. The topological polar surface area (TPSA) is 70.8 Å². The van der Waals surface area contributed by atoms with E-state index in [0.717, 1.165) is 34.5 Å². The van der Waals surface area contributed by atoms with Gasteiger partial charge >= 0.3 is 0 Å². The van der Waals surface area contributed by atoms with Crippen molar-refractivity contribution in [2.45, 2.75) is 12.5 Å². The summed E-state index contributed by atoms with van der Waals surface area (Å²) in [6.45, 7) is 1.72. The first kappa shape index (κ1) is 13.1. The molecule has 1 aliphatic rings. The number of nitrogens with one attached hydrogen (secondary N) is 1. The molecule has 1 aromatic carbocycles. The molecular formula is C12H13ClIN5. The lowest BCUT2D eigenvalue weighted by Crippen LogP contribution is -2.26. The predicted molar refractivity (Wildman–Crippen MR) is 84.4 cm³/mol. The van der Waals surface area contributed by atoms with E-state index in [1.165, 1.54) is 0 Å². The Morgan fingerprint density at radius 1 is 1.47 bits per heavy atom. The third-order valence-electron chi connectivity index (χ3n) is 3.16. The zero-order chi connectivity index (χ0) is 13.4. The molecule has 19 heavy (non-hydrogen) atoms. The quantitative estimate of drug-likeness (QED) is 0.773. The molecule has 1 unspecified atom stereocenters. The Balaban J connectivity index is 1.90. The minimum absolute atomic E-state index is 0.216. The van der Waals surface area contributed by atoms with E-state index < -0.39 is 0 Å². The smallest absolute Gasteiger partial charge is 0.245 e. The SMILES string of the molecule is NC1CCN(c2n[nH]c(-c3cc(Cl)ccc3I)n2)C1. The van der Waals surface area contributed by atoms with Crippen molar-refractivity contribution >= 4 is 40.1 Å². The first-order valence-electron chi connectivity index (χ1n) is 6.02. The molecule has 2 heterocycles. The molecule has 0 amide bonds. The van der Waals surface area contributed by atoms with Crippen molar-refractivity contribution in [3.63, 3.8) is 0 Å². The Kier molecular flexibility index (Phi) is 3.64. The first-order chi connectivity index (χ1) is 9.13. The van der Waals surface area contributed by atoms with Crippen LogP contribution in [0.25, 0.3) is 11.4 Å². The second-order valence-corrected chi connectivity index (χ2v) is 6.20. The van der Waals surface area contributed by atoms with E-state index >= 15 is 0 Å². The molecule has 0 bridgehead atoms. The van der Waals surface area contributed by atoms with Crippen LogP contribution in [0.2, 0.25) is 5.02 Å². The van der Waals surface area contributed by atoms with Gasteiger partial charge in [0.2, 0.25) is 5.95 Å². The highest BCUT2D eigenvalue weighted by molar-refractivity contribution is 14.1. The summed E-state index contributed by atoms with van der Waals surface area (Å²) in [4.78, 5) is 6.64. The molecule has 1 fully saturated rings. The monoisotopic (exact) mass is 389 g/mol. The maximum Gasteiger partial charge on any atom is 0.245 e. The fourth-order valence-corrected chi connectivity index (χ4v) is 2.93. The number of nitrogens with two attached hydrogens (primary N) is 1. The van der Waals surface area contributed by atoms with Gasteiger partial charge in [-0.2, -0.15) is 4.98 Å². The normalized spacial score (nSPS) is 19.1. The Labute approximate surface area is 129 Å². The number of H-pyrrole nitrogens is 1. The summed E-state index contributed by atoms with van der Waals surface area (Å²) in [6.07, 6.45) is 0.985. The van der Waals surface area contributed by atoms with E-state index in [-0.39, 0.29) is 6.04 Å². The van der Waals surface area contributed by atoms with Crippen molar-refractivity contribution < 1.29 is 0 Å². The van der Waals surface area contributed by atoms with Crippen LogP contribution in [-0.4, -0.2) is 34.3 Å². The van der Waals surface area contributed by atoms with Crippen molar-refractivity contribution in [3.05, 3.63) is 26.8 Å². The van der Waals surface area contributed by atoms with E-state index in [0.29, 0.717) is 11.0 Å². The maximum atomic E-state index is 6.03. The Bertz CT molecular complexity index is 600. The summed E-state index contributed by atoms with van der Waals surface area (Å²) in [5.74, 6) is 1.45. The summed E-state index contributed by atoms with van der Waals surface area (Å²) >= 11 is 8.29. The Hall–Kier alpha value is -0.860. The summed E-state index contributed by atoms with van der Waals surface area (Å²) in [7, 11) is 0. The average molecular weight is 390 g/mol. The van der Waals surface area contributed by atoms with Crippen LogP contribution in [0.4, 0.5) is 5.95 Å². The van der Waals surface area contributed by atoms with Gasteiger partial charge in [-0.1, -0.05) is 11.6 Å². The second-order valence-electron chi connectivity index (χ2n) is 4.60. The number of aromatic nitrogens is 3. The van der Waals surface area contributed by atoms with Crippen LogP contribution in [-0.2, 0) is 0 Å². The number of hydrogen-bond acceptors (Lipinski definition) is 4. The molecule has 1 atom stereocenters. The molecule has 100 valence electrons. The molecule has 7 heteroatoms. The van der Waals surface area contributed by atoms with E-state index in [9.17, 15) is 0 Å². The lowest BCUT2D eigenvalue weighted by Gasteiger charge is -2.11. The minimum atomic E-state index is 0.216. The Morgan fingerprint density at radius 2 is 2.32 bits per heavy atom. The molecule has 0 radical (unpaired) electrons. The predicted octanol–water partition coefficient (Wildman–Crippen LogP) is 2.27. The van der Waals surface area contributed by atoms with Crippen molar-refractivity contribution in [2.75, 3.05) is 18.0 Å². The third-order valence-corrected chi connectivity index (χ3v) is 4.34. The lowest BCUT2D eigenvalue weighted by molar-refractivity contribution is 0.750. The molecule has 1 aromatic heterocycles. The van der Waals surface area contributed by atoms with Crippen molar-refractivity contribution in [1.82, 2.24) is 15.2 Å². The van der Waals surface area contributed by atoms with Crippen LogP contribution in [0.1, 0.15) is 6.42 Å². The molecule has 2 aromatic rings. The summed E-state index contributed by atoms with van der Waals surface area (Å²) in [5.41, 5.74) is 6.87. The fourth-order valence-electron chi connectivity index (χ4n) is 2.16. The van der Waals surface area contributed by atoms with E-state index in [1.54, 1.807) is 0 Å². The molecule has 3 N–H and O–H groups in total. The van der Waals surface area contributed by atoms with Crippen molar-refractivity contribution in [3.8, 4) is 11.4 Å². The van der Waals surface area contributed by atoms with Crippen LogP contribution in [0.3, 0.4) is 0 Å². The van der Waals surface area contributed by atoms with Crippen LogP contribution >= 0.6 is 34.2 Å². The van der Waals surface area contributed by atoms with Gasteiger partial charge in [0.05, 0.1) is 0 Å². The highest BCUT2D eigenvalue weighted by Crippen LogP contribution is 2.27. The highest BCUT2D eigenvalue weighted by atomic mass is 127. The van der Waals surface area contributed by atoms with Crippen molar-refractivity contribution in [1.29, 1.82) is 0 Å². The summed E-state index contributed by atoms with van der Waals surface area (Å²) < 4.78 is 1.09. The molecule has 0 saturated carbocycles. The fraction of sp³-hybridized carbons (Fsp3) is 0.333. The zero-order valence-electron chi connectivity index (χ0n) is 10.1. The number of nitrogens with zero attached hydrogens (tertiary/aromatic N) is 3. The van der Waals surface area contributed by atoms with Crippen molar-refractivity contribution in [2.24, 2.45) is 5.73 Å². The molecule has 5 nitrogen and oxygen atoms in total. The van der Waals surface area contributed by atoms with Crippen LogP contribution in [0.5, 0.6) is 0 Å². The van der Waals surface area contributed by atoms with Gasteiger partial charge in [-0.3, -0.25) is 5.10 Å². The van der Waals surface area contributed by atoms with Gasteiger partial charge in [-0.25, -0.2) is 0 Å². The molecular weight excluding hydrogens is 377 g/mol. The number of aromatic amines is 1. The minimum Gasteiger partial charge on any atom is -0.338 e. The number of anilines is 1. The van der Waals surface area contributed by atoms with Gasteiger partial charge in [0.15, 0.2) is 5.82 Å². The average Bonchev–Trinajstić information content (AvgIpc) is 3.00. The molecule has 3 rings (SSSR count). The molecule has 1 aliphatic heterocycles. The van der Waals surface area contributed by atoms with Crippen LogP contribution < -0.4 is 10.6 Å². The van der Waals surface area contributed by atoms with Gasteiger partial charge in [-0.15, -0.1) is 5.10 Å². The van der Waals surface area contributed by atoms with E-state index in [4.69, 9.17) is 17.3 Å². The number of halogens is 2. The van der Waals surface area contributed by atoms with Gasteiger partial charge < -0.3 is 10.6 Å². The largest absolute Gasteiger partial charge is 0.338 e. The van der Waals surface area contributed by atoms with E-state index in [1.807, 2.05) is 18.2 Å². The number of hydrogen-bond donors (Lipinski definition) is 2. The molecule has 0 spiro atoms. The number of benzene rings is 1. The van der Waals surface area contributed by atoms with Gasteiger partial charge in [0.25, 0.3) is 0 Å². The van der Waals surface area contributed by atoms with Gasteiger partial charge in [0, 0.05) is 33.3 Å². The highest BCUT2D eigenvalue weighted by Gasteiger charge is 2.22. The summed E-state index contributed by atoms with van der Waals surface area (Å²) in [6, 6.07) is 5.94. The first-order valence-corrected chi connectivity index (χ1v) is 7.47. The Morgan fingerprint density at radius 3 is 3.05 bits per heavy atom. The molecule has 1 saturated heterocycles. The maximum absolute atomic E-state index is 6.03. The third kappa shape index (κ3) is 2.70. The van der Waals surface area contributed by atoms with Crippen LogP contribution in [0, 0.1) is 3.57 Å². The van der Waals surface area contributed by atoms with Gasteiger partial charge in [0.1, 0.15) is 0 Å². The lowest BCUT2D eigenvalue weighted by atomic mass is 10.2. The number of rotatable bonds is 2. The zero-order valence-corrected chi connectivity index (χ0v) is 13.0. The summed E-state index contributed by atoms with van der Waals surface area (Å²) in [5, 5.41) is 7.93. The standard InChI is InChI=1S/C12H13ClIN5/c13-7-1-2-10(14)9(5-7)11-16-12(18-17-11)19-4-3-8(15)6-19/h1-2,5,8H,3-4,6,15H2,(H,16,17,18). The second kappa shape index (κ2) is 5.26. The van der Waals surface area contributed by atoms with Crippen LogP contribution in [0.15, 0.2) is 18.2 Å². The van der Waals surface area contributed by atoms with E-state index in [2.05, 4.69) is 42.7 Å².